The summed E-state index contributed by atoms with van der Waals surface area (Å²) in [5.74, 6) is -0.257. The minimum absolute atomic E-state index is 0.0656. The summed E-state index contributed by atoms with van der Waals surface area (Å²) in [4.78, 5) is 27.3. The van der Waals surface area contributed by atoms with Crippen molar-refractivity contribution < 1.29 is 24.2 Å². The predicted octanol–water partition coefficient (Wildman–Crippen LogP) is 2.43. The number of ether oxygens (including phenoxy) is 2. The first-order chi connectivity index (χ1) is 12.1. The zero-order chi connectivity index (χ0) is 17.8. The maximum Gasteiger partial charge on any atom is 0.354 e. The number of nitrogens with one attached hydrogen (secondary N) is 1. The summed E-state index contributed by atoms with van der Waals surface area (Å²) in [5.41, 5.74) is 0.783. The van der Waals surface area contributed by atoms with Gasteiger partial charge in [0, 0.05) is 0 Å². The minimum atomic E-state index is -1.17. The summed E-state index contributed by atoms with van der Waals surface area (Å²) in [5, 5.41) is 11.9. The van der Waals surface area contributed by atoms with E-state index in [2.05, 4.69) is 10.3 Å². The standard InChI is InChI=1S/C18H18N2O5/c1-2-12(11-6-7-15-16(10-11)25-9-8-24-15)20-17(21)13-4-3-5-14(19-13)18(22)23/h3-7,10,12H,2,8-9H2,1H3,(H,20,21)(H,22,23)/t12-/m1/s1. The van der Waals surface area contributed by atoms with Crippen LogP contribution in [-0.2, 0) is 0 Å². The Morgan fingerprint density at radius 2 is 1.88 bits per heavy atom. The van der Waals surface area contributed by atoms with Crippen molar-refractivity contribution in [2.75, 3.05) is 13.2 Å². The molecule has 0 saturated heterocycles. The lowest BCUT2D eigenvalue weighted by Gasteiger charge is -2.22. The fourth-order valence-electron chi connectivity index (χ4n) is 2.61. The van der Waals surface area contributed by atoms with Crippen LogP contribution in [0.2, 0.25) is 0 Å². The van der Waals surface area contributed by atoms with Crippen LogP contribution in [0.3, 0.4) is 0 Å². The molecule has 1 amide bonds. The van der Waals surface area contributed by atoms with Gasteiger partial charge in [0.2, 0.25) is 0 Å². The minimum Gasteiger partial charge on any atom is -0.486 e. The number of aromatic carboxylic acids is 1. The Hall–Kier alpha value is -3.09. The first kappa shape index (κ1) is 16.8. The van der Waals surface area contributed by atoms with E-state index in [4.69, 9.17) is 14.6 Å². The van der Waals surface area contributed by atoms with Gasteiger partial charge in [-0.3, -0.25) is 4.79 Å². The molecular formula is C18H18N2O5. The number of aromatic nitrogens is 1. The van der Waals surface area contributed by atoms with Gasteiger partial charge < -0.3 is 19.9 Å². The number of benzene rings is 1. The Balaban J connectivity index is 1.79. The molecule has 25 heavy (non-hydrogen) atoms. The molecule has 3 rings (SSSR count). The SMILES string of the molecule is CC[C@@H](NC(=O)c1cccc(C(=O)O)n1)c1ccc2c(c1)OCCO2. The molecular weight excluding hydrogens is 324 g/mol. The molecule has 2 aromatic rings. The van der Waals surface area contributed by atoms with Crippen LogP contribution in [0.4, 0.5) is 0 Å². The third-order valence-corrected chi connectivity index (χ3v) is 3.88. The van der Waals surface area contributed by atoms with E-state index < -0.39 is 11.9 Å². The van der Waals surface area contributed by atoms with Gasteiger partial charge in [-0.05, 0) is 36.2 Å². The van der Waals surface area contributed by atoms with Crippen molar-refractivity contribution in [3.8, 4) is 11.5 Å². The normalized spacial score (nSPS) is 13.8. The number of nitrogens with zero attached hydrogens (tertiary/aromatic N) is 1. The maximum absolute atomic E-state index is 12.4. The van der Waals surface area contributed by atoms with Gasteiger partial charge >= 0.3 is 5.97 Å². The smallest absolute Gasteiger partial charge is 0.354 e. The molecule has 2 heterocycles. The largest absolute Gasteiger partial charge is 0.486 e. The molecule has 130 valence electrons. The summed E-state index contributed by atoms with van der Waals surface area (Å²) >= 11 is 0. The summed E-state index contributed by atoms with van der Waals surface area (Å²) < 4.78 is 11.1. The molecule has 1 atom stereocenters. The topological polar surface area (TPSA) is 97.8 Å². The van der Waals surface area contributed by atoms with Crippen LogP contribution in [0.1, 0.15) is 45.9 Å². The van der Waals surface area contributed by atoms with E-state index in [9.17, 15) is 9.59 Å². The molecule has 1 aromatic carbocycles. The van der Waals surface area contributed by atoms with Crippen LogP contribution in [0, 0.1) is 0 Å². The lowest BCUT2D eigenvalue weighted by Crippen LogP contribution is -2.29. The Morgan fingerprint density at radius 1 is 1.16 bits per heavy atom. The molecule has 1 aromatic heterocycles. The van der Waals surface area contributed by atoms with Gasteiger partial charge in [0.1, 0.15) is 24.6 Å². The van der Waals surface area contributed by atoms with Crippen LogP contribution in [-0.4, -0.2) is 35.2 Å². The van der Waals surface area contributed by atoms with E-state index in [1.165, 1.54) is 18.2 Å². The van der Waals surface area contributed by atoms with Crippen LogP contribution in [0.25, 0.3) is 0 Å². The van der Waals surface area contributed by atoms with Crippen molar-refractivity contribution in [3.63, 3.8) is 0 Å². The predicted molar refractivity (Wildman–Crippen MR) is 89.1 cm³/mol. The highest BCUT2D eigenvalue weighted by molar-refractivity contribution is 5.94. The molecule has 0 saturated carbocycles. The fraction of sp³-hybridized carbons (Fsp3) is 0.278. The molecule has 1 aliphatic rings. The number of carboxylic acid groups (broad SMARTS) is 1. The summed E-state index contributed by atoms with van der Waals surface area (Å²) in [6.07, 6.45) is 0.657. The molecule has 0 bridgehead atoms. The first-order valence-corrected chi connectivity index (χ1v) is 7.99. The Morgan fingerprint density at radius 3 is 2.60 bits per heavy atom. The second kappa shape index (κ2) is 7.21. The van der Waals surface area contributed by atoms with Crippen LogP contribution < -0.4 is 14.8 Å². The van der Waals surface area contributed by atoms with E-state index >= 15 is 0 Å². The van der Waals surface area contributed by atoms with Crippen molar-refractivity contribution in [1.29, 1.82) is 0 Å². The molecule has 2 N–H and O–H groups in total. The molecule has 7 nitrogen and oxygen atoms in total. The number of hydrogen-bond donors (Lipinski definition) is 2. The van der Waals surface area contributed by atoms with Crippen molar-refractivity contribution in [1.82, 2.24) is 10.3 Å². The number of carbonyl (C=O) groups is 2. The maximum atomic E-state index is 12.4. The molecule has 0 radical (unpaired) electrons. The lowest BCUT2D eigenvalue weighted by atomic mass is 10.0. The third-order valence-electron chi connectivity index (χ3n) is 3.88. The van der Waals surface area contributed by atoms with E-state index in [1.807, 2.05) is 25.1 Å². The molecule has 1 aliphatic heterocycles. The number of amides is 1. The van der Waals surface area contributed by atoms with Crippen molar-refractivity contribution in [3.05, 3.63) is 53.3 Å². The molecule has 0 fully saturated rings. The Kier molecular flexibility index (Phi) is 4.83. The zero-order valence-corrected chi connectivity index (χ0v) is 13.7. The van der Waals surface area contributed by atoms with Gasteiger partial charge in [0.25, 0.3) is 5.91 Å². The van der Waals surface area contributed by atoms with Gasteiger partial charge in [-0.2, -0.15) is 0 Å². The molecule has 0 aliphatic carbocycles. The summed E-state index contributed by atoms with van der Waals surface area (Å²) in [6.45, 7) is 2.96. The van der Waals surface area contributed by atoms with Gasteiger partial charge in [0.05, 0.1) is 6.04 Å². The van der Waals surface area contributed by atoms with Crippen LogP contribution >= 0.6 is 0 Å². The number of fused-ring (bicyclic) bond motifs is 1. The van der Waals surface area contributed by atoms with Crippen LogP contribution in [0.15, 0.2) is 36.4 Å². The second-order valence-electron chi connectivity index (χ2n) is 5.55. The van der Waals surface area contributed by atoms with Gasteiger partial charge in [0.15, 0.2) is 11.5 Å². The molecule has 0 spiro atoms. The fourth-order valence-corrected chi connectivity index (χ4v) is 2.61. The Labute approximate surface area is 144 Å². The van der Waals surface area contributed by atoms with Crippen LogP contribution in [0.5, 0.6) is 11.5 Å². The van der Waals surface area contributed by atoms with Gasteiger partial charge in [-0.25, -0.2) is 9.78 Å². The highest BCUT2D eigenvalue weighted by atomic mass is 16.6. The number of pyridine rings is 1. The highest BCUT2D eigenvalue weighted by Crippen LogP contribution is 2.33. The van der Waals surface area contributed by atoms with Crippen molar-refractivity contribution >= 4 is 11.9 Å². The summed E-state index contributed by atoms with van der Waals surface area (Å²) in [7, 11) is 0. The Bertz CT molecular complexity index is 806. The number of carboxylic acids is 1. The average Bonchev–Trinajstić information content (AvgIpc) is 2.65. The third kappa shape index (κ3) is 3.71. The number of carbonyl (C=O) groups excluding carboxylic acids is 1. The monoisotopic (exact) mass is 342 g/mol. The van der Waals surface area contributed by atoms with E-state index in [0.29, 0.717) is 31.1 Å². The van der Waals surface area contributed by atoms with Crippen molar-refractivity contribution in [2.24, 2.45) is 0 Å². The van der Waals surface area contributed by atoms with E-state index in [0.717, 1.165) is 5.56 Å². The summed E-state index contributed by atoms with van der Waals surface area (Å²) in [6, 6.07) is 9.62. The van der Waals surface area contributed by atoms with E-state index in [1.54, 1.807) is 0 Å². The zero-order valence-electron chi connectivity index (χ0n) is 13.7. The second-order valence-corrected chi connectivity index (χ2v) is 5.55. The number of rotatable bonds is 5. The van der Waals surface area contributed by atoms with Gasteiger partial charge in [-0.1, -0.05) is 19.1 Å². The number of hydrogen-bond acceptors (Lipinski definition) is 5. The molecule has 0 unspecified atom stereocenters. The molecule has 7 heteroatoms. The average molecular weight is 342 g/mol. The van der Waals surface area contributed by atoms with Crippen molar-refractivity contribution in [2.45, 2.75) is 19.4 Å². The lowest BCUT2D eigenvalue weighted by molar-refractivity contribution is 0.0690. The highest BCUT2D eigenvalue weighted by Gasteiger charge is 2.19. The first-order valence-electron chi connectivity index (χ1n) is 7.99. The van der Waals surface area contributed by atoms with E-state index in [-0.39, 0.29) is 17.4 Å². The quantitative estimate of drug-likeness (QED) is 0.866. The van der Waals surface area contributed by atoms with Gasteiger partial charge in [-0.15, -0.1) is 0 Å².